The highest BCUT2D eigenvalue weighted by atomic mass is 19.1. The molecule has 0 amide bonds. The van der Waals surface area contributed by atoms with E-state index in [1.807, 2.05) is 31.2 Å². The van der Waals surface area contributed by atoms with E-state index in [1.165, 1.54) is 6.07 Å². The van der Waals surface area contributed by atoms with Crippen molar-refractivity contribution in [3.05, 3.63) is 59.4 Å². The molecular weight excluding hydrogens is 243 g/mol. The van der Waals surface area contributed by atoms with E-state index in [4.69, 9.17) is 9.47 Å². The van der Waals surface area contributed by atoms with E-state index in [1.54, 1.807) is 19.2 Å². The average molecular weight is 260 g/mol. The van der Waals surface area contributed by atoms with Gasteiger partial charge in [0, 0.05) is 6.42 Å². The Morgan fingerprint density at radius 2 is 1.79 bits per heavy atom. The van der Waals surface area contributed by atoms with Gasteiger partial charge >= 0.3 is 0 Å². The number of aryl methyl sites for hydroxylation is 1. The van der Waals surface area contributed by atoms with Crippen LogP contribution < -0.4 is 9.47 Å². The lowest BCUT2D eigenvalue weighted by Gasteiger charge is -2.08. The number of methoxy groups -OCH3 is 1. The Balaban J connectivity index is 1.90. The third-order valence-corrected chi connectivity index (χ3v) is 2.89. The fourth-order valence-corrected chi connectivity index (χ4v) is 1.79. The molecule has 19 heavy (non-hydrogen) atoms. The first-order chi connectivity index (χ1) is 9.19. The van der Waals surface area contributed by atoms with Gasteiger partial charge in [0.2, 0.25) is 0 Å². The zero-order valence-electron chi connectivity index (χ0n) is 11.2. The van der Waals surface area contributed by atoms with Crippen molar-refractivity contribution in [3.8, 4) is 11.5 Å². The van der Waals surface area contributed by atoms with Gasteiger partial charge in [0.05, 0.1) is 13.7 Å². The van der Waals surface area contributed by atoms with Crippen molar-refractivity contribution >= 4 is 0 Å². The largest absolute Gasteiger partial charge is 0.497 e. The first-order valence-electron chi connectivity index (χ1n) is 6.21. The van der Waals surface area contributed by atoms with Gasteiger partial charge in [-0.25, -0.2) is 4.39 Å². The molecule has 0 bridgehead atoms. The van der Waals surface area contributed by atoms with Crippen LogP contribution in [0.3, 0.4) is 0 Å². The molecule has 0 N–H and O–H groups in total. The molecule has 0 saturated carbocycles. The van der Waals surface area contributed by atoms with Gasteiger partial charge in [-0.2, -0.15) is 0 Å². The summed E-state index contributed by atoms with van der Waals surface area (Å²) in [4.78, 5) is 0. The van der Waals surface area contributed by atoms with E-state index >= 15 is 0 Å². The van der Waals surface area contributed by atoms with Crippen molar-refractivity contribution in [1.29, 1.82) is 0 Å². The summed E-state index contributed by atoms with van der Waals surface area (Å²) in [7, 11) is 1.64. The van der Waals surface area contributed by atoms with E-state index in [9.17, 15) is 4.39 Å². The Hall–Kier alpha value is -2.03. The molecule has 100 valence electrons. The van der Waals surface area contributed by atoms with Gasteiger partial charge in [0.15, 0.2) is 11.6 Å². The number of hydrogen-bond acceptors (Lipinski definition) is 2. The molecule has 0 fully saturated rings. The van der Waals surface area contributed by atoms with Crippen LogP contribution in [0.15, 0.2) is 42.5 Å². The highest BCUT2D eigenvalue weighted by Gasteiger charge is 2.03. The lowest BCUT2D eigenvalue weighted by molar-refractivity contribution is 0.305. The lowest BCUT2D eigenvalue weighted by Crippen LogP contribution is -2.03. The lowest BCUT2D eigenvalue weighted by atomic mass is 10.1. The Morgan fingerprint density at radius 1 is 1.05 bits per heavy atom. The second kappa shape index (κ2) is 6.23. The van der Waals surface area contributed by atoms with Crippen LogP contribution in [0.5, 0.6) is 11.5 Å². The fourth-order valence-electron chi connectivity index (χ4n) is 1.79. The summed E-state index contributed by atoms with van der Waals surface area (Å²) in [5, 5.41) is 0. The summed E-state index contributed by atoms with van der Waals surface area (Å²) in [6, 6.07) is 12.6. The van der Waals surface area contributed by atoms with Crippen LogP contribution in [0.25, 0.3) is 0 Å². The van der Waals surface area contributed by atoms with Crippen LogP contribution in [0.1, 0.15) is 11.1 Å². The maximum Gasteiger partial charge on any atom is 0.165 e. The SMILES string of the molecule is COc1ccc(CCOc2cc(C)ccc2F)cc1. The summed E-state index contributed by atoms with van der Waals surface area (Å²) >= 11 is 0. The summed E-state index contributed by atoms with van der Waals surface area (Å²) < 4.78 is 24.0. The third-order valence-electron chi connectivity index (χ3n) is 2.89. The monoisotopic (exact) mass is 260 g/mol. The van der Waals surface area contributed by atoms with E-state index in [0.29, 0.717) is 12.4 Å². The summed E-state index contributed by atoms with van der Waals surface area (Å²) in [5.74, 6) is 0.822. The topological polar surface area (TPSA) is 18.5 Å². The maximum atomic E-state index is 13.5. The molecule has 3 heteroatoms. The predicted molar refractivity (Wildman–Crippen MR) is 73.3 cm³/mol. The van der Waals surface area contributed by atoms with E-state index in [0.717, 1.165) is 23.3 Å². The number of ether oxygens (including phenoxy) is 2. The third kappa shape index (κ3) is 3.71. The van der Waals surface area contributed by atoms with Crippen LogP contribution in [0.2, 0.25) is 0 Å². The van der Waals surface area contributed by atoms with Crippen LogP contribution in [0, 0.1) is 12.7 Å². The minimum Gasteiger partial charge on any atom is -0.497 e. The van der Waals surface area contributed by atoms with Gasteiger partial charge in [-0.3, -0.25) is 0 Å². The molecule has 0 aliphatic rings. The molecule has 0 spiro atoms. The molecule has 0 aromatic heterocycles. The molecule has 2 nitrogen and oxygen atoms in total. The van der Waals surface area contributed by atoms with E-state index < -0.39 is 0 Å². The van der Waals surface area contributed by atoms with Crippen molar-refractivity contribution in [2.24, 2.45) is 0 Å². The molecule has 0 aliphatic carbocycles. The summed E-state index contributed by atoms with van der Waals surface area (Å²) in [6.07, 6.45) is 0.734. The number of benzene rings is 2. The molecular formula is C16H17FO2. The molecule has 0 unspecified atom stereocenters. The Labute approximate surface area is 112 Å². The van der Waals surface area contributed by atoms with Gasteiger partial charge in [-0.05, 0) is 42.3 Å². The van der Waals surface area contributed by atoms with E-state index in [2.05, 4.69) is 0 Å². The smallest absolute Gasteiger partial charge is 0.165 e. The minimum atomic E-state index is -0.319. The number of halogens is 1. The second-order valence-corrected chi connectivity index (χ2v) is 4.38. The Kier molecular flexibility index (Phi) is 4.39. The molecule has 2 aromatic rings. The predicted octanol–water partition coefficient (Wildman–Crippen LogP) is 3.76. The highest BCUT2D eigenvalue weighted by Crippen LogP contribution is 2.19. The Bertz CT molecular complexity index is 535. The molecule has 0 aliphatic heterocycles. The average Bonchev–Trinajstić information content (AvgIpc) is 2.43. The van der Waals surface area contributed by atoms with Crippen molar-refractivity contribution in [2.75, 3.05) is 13.7 Å². The Morgan fingerprint density at radius 3 is 2.47 bits per heavy atom. The van der Waals surface area contributed by atoms with Gasteiger partial charge in [0.25, 0.3) is 0 Å². The van der Waals surface area contributed by atoms with Crippen molar-refractivity contribution in [2.45, 2.75) is 13.3 Å². The fraction of sp³-hybridized carbons (Fsp3) is 0.250. The van der Waals surface area contributed by atoms with Gasteiger partial charge in [-0.1, -0.05) is 18.2 Å². The van der Waals surface area contributed by atoms with Crippen molar-refractivity contribution in [3.63, 3.8) is 0 Å². The minimum absolute atomic E-state index is 0.313. The van der Waals surface area contributed by atoms with Gasteiger partial charge in [0.1, 0.15) is 5.75 Å². The molecule has 0 saturated heterocycles. The maximum absolute atomic E-state index is 13.5. The number of hydrogen-bond donors (Lipinski definition) is 0. The second-order valence-electron chi connectivity index (χ2n) is 4.38. The number of rotatable bonds is 5. The molecule has 0 heterocycles. The molecule has 2 aromatic carbocycles. The highest BCUT2D eigenvalue weighted by molar-refractivity contribution is 5.30. The molecule has 0 atom stereocenters. The van der Waals surface area contributed by atoms with Gasteiger partial charge < -0.3 is 9.47 Å². The van der Waals surface area contributed by atoms with E-state index in [-0.39, 0.29) is 5.82 Å². The molecule has 0 radical (unpaired) electrons. The van der Waals surface area contributed by atoms with Crippen LogP contribution in [-0.4, -0.2) is 13.7 Å². The zero-order chi connectivity index (χ0) is 13.7. The van der Waals surface area contributed by atoms with Crippen molar-refractivity contribution < 1.29 is 13.9 Å². The molecule has 2 rings (SSSR count). The standard InChI is InChI=1S/C16H17FO2/c1-12-3-8-15(17)16(11-12)19-10-9-13-4-6-14(18-2)7-5-13/h3-8,11H,9-10H2,1-2H3. The summed E-state index contributed by atoms with van der Waals surface area (Å²) in [6.45, 7) is 2.36. The van der Waals surface area contributed by atoms with Crippen LogP contribution in [-0.2, 0) is 6.42 Å². The first kappa shape index (κ1) is 13.4. The zero-order valence-corrected chi connectivity index (χ0v) is 11.2. The normalized spacial score (nSPS) is 10.3. The van der Waals surface area contributed by atoms with Gasteiger partial charge in [-0.15, -0.1) is 0 Å². The van der Waals surface area contributed by atoms with Crippen LogP contribution >= 0.6 is 0 Å². The quantitative estimate of drug-likeness (QED) is 0.814. The van der Waals surface area contributed by atoms with Crippen LogP contribution in [0.4, 0.5) is 4.39 Å². The van der Waals surface area contributed by atoms with Crippen molar-refractivity contribution in [1.82, 2.24) is 0 Å². The first-order valence-corrected chi connectivity index (χ1v) is 6.21. The summed E-state index contributed by atoms with van der Waals surface area (Å²) in [5.41, 5.74) is 2.12.